The number of allylic oxidation sites excluding steroid dienone is 2. The summed E-state index contributed by atoms with van der Waals surface area (Å²) in [5.41, 5.74) is 4.56. The summed E-state index contributed by atoms with van der Waals surface area (Å²) < 4.78 is 16.2. The van der Waals surface area contributed by atoms with Crippen molar-refractivity contribution in [2.75, 3.05) is 21.3 Å². The van der Waals surface area contributed by atoms with Crippen LogP contribution in [0.4, 0.5) is 0 Å². The first-order valence-corrected chi connectivity index (χ1v) is 7.06. The first-order valence-electron chi connectivity index (χ1n) is 7.06. The molecule has 0 fully saturated rings. The standard InChI is InChI=1S/C19H18O3/c1-20-17-12-19(22-3)18(21-2)11-15(17)10-14-9-8-13-6-4-5-7-16(13)14/h4-12H,1-3H3/b14-10-. The Morgan fingerprint density at radius 2 is 1.45 bits per heavy atom. The Balaban J connectivity index is 2.09. The van der Waals surface area contributed by atoms with E-state index in [1.807, 2.05) is 24.3 Å². The molecule has 22 heavy (non-hydrogen) atoms. The molecule has 0 saturated heterocycles. The molecule has 0 radical (unpaired) electrons. The van der Waals surface area contributed by atoms with Gasteiger partial charge in [-0.2, -0.15) is 0 Å². The van der Waals surface area contributed by atoms with E-state index in [9.17, 15) is 0 Å². The van der Waals surface area contributed by atoms with E-state index in [4.69, 9.17) is 14.2 Å². The minimum Gasteiger partial charge on any atom is -0.496 e. The summed E-state index contributed by atoms with van der Waals surface area (Å²) in [6.07, 6.45) is 6.33. The minimum atomic E-state index is 0.656. The largest absolute Gasteiger partial charge is 0.496 e. The Morgan fingerprint density at radius 1 is 0.773 bits per heavy atom. The molecule has 2 aromatic carbocycles. The summed E-state index contributed by atoms with van der Waals surface area (Å²) in [4.78, 5) is 0. The van der Waals surface area contributed by atoms with Gasteiger partial charge in [0.05, 0.1) is 21.3 Å². The highest BCUT2D eigenvalue weighted by atomic mass is 16.5. The fraction of sp³-hybridized carbons (Fsp3) is 0.158. The van der Waals surface area contributed by atoms with E-state index in [0.717, 1.165) is 16.9 Å². The molecular weight excluding hydrogens is 276 g/mol. The molecule has 0 unspecified atom stereocenters. The van der Waals surface area contributed by atoms with E-state index in [0.29, 0.717) is 11.5 Å². The highest BCUT2D eigenvalue weighted by molar-refractivity contribution is 5.98. The third-order valence-corrected chi connectivity index (χ3v) is 3.76. The van der Waals surface area contributed by atoms with Crippen LogP contribution in [0.1, 0.15) is 16.7 Å². The topological polar surface area (TPSA) is 27.7 Å². The third kappa shape index (κ3) is 2.46. The van der Waals surface area contributed by atoms with Gasteiger partial charge in [-0.1, -0.05) is 36.4 Å². The van der Waals surface area contributed by atoms with Crippen molar-refractivity contribution >= 4 is 17.7 Å². The molecule has 0 amide bonds. The van der Waals surface area contributed by atoms with Crippen LogP contribution in [-0.2, 0) is 0 Å². The average Bonchev–Trinajstić information content (AvgIpc) is 2.97. The van der Waals surface area contributed by atoms with Gasteiger partial charge in [-0.15, -0.1) is 0 Å². The summed E-state index contributed by atoms with van der Waals surface area (Å²) in [5, 5.41) is 0. The molecule has 0 aromatic heterocycles. The SMILES string of the molecule is COc1cc(OC)c(OC)cc1/C=C1/C=Cc2ccccc21. The van der Waals surface area contributed by atoms with Crippen molar-refractivity contribution in [2.24, 2.45) is 0 Å². The van der Waals surface area contributed by atoms with Gasteiger partial charge in [0.25, 0.3) is 0 Å². The predicted octanol–water partition coefficient (Wildman–Crippen LogP) is 4.28. The molecule has 2 aromatic rings. The van der Waals surface area contributed by atoms with Gasteiger partial charge in [0, 0.05) is 11.6 Å². The number of ether oxygens (including phenoxy) is 3. The van der Waals surface area contributed by atoms with Crippen LogP contribution in [0.5, 0.6) is 17.2 Å². The van der Waals surface area contributed by atoms with E-state index < -0.39 is 0 Å². The lowest BCUT2D eigenvalue weighted by Crippen LogP contribution is -1.94. The van der Waals surface area contributed by atoms with Crippen molar-refractivity contribution in [2.45, 2.75) is 0 Å². The van der Waals surface area contributed by atoms with Gasteiger partial charge >= 0.3 is 0 Å². The monoisotopic (exact) mass is 294 g/mol. The lowest BCUT2D eigenvalue weighted by atomic mass is 10.0. The molecule has 0 aliphatic heterocycles. The normalized spacial score (nSPS) is 14.0. The fourth-order valence-corrected chi connectivity index (χ4v) is 2.63. The summed E-state index contributed by atoms with van der Waals surface area (Å²) >= 11 is 0. The Labute approximate surface area is 130 Å². The van der Waals surface area contributed by atoms with Crippen LogP contribution in [0.2, 0.25) is 0 Å². The second-order valence-corrected chi connectivity index (χ2v) is 4.97. The maximum absolute atomic E-state index is 5.48. The smallest absolute Gasteiger partial charge is 0.164 e. The highest BCUT2D eigenvalue weighted by Gasteiger charge is 2.13. The summed E-state index contributed by atoms with van der Waals surface area (Å²) in [6.45, 7) is 0. The quantitative estimate of drug-likeness (QED) is 0.842. The Hall–Kier alpha value is -2.68. The van der Waals surface area contributed by atoms with Crippen LogP contribution in [0.3, 0.4) is 0 Å². The van der Waals surface area contributed by atoms with E-state index in [2.05, 4.69) is 30.4 Å². The zero-order valence-corrected chi connectivity index (χ0v) is 12.9. The molecule has 3 nitrogen and oxygen atoms in total. The van der Waals surface area contributed by atoms with Crippen molar-refractivity contribution in [3.63, 3.8) is 0 Å². The summed E-state index contributed by atoms with van der Waals surface area (Å²) in [6, 6.07) is 12.1. The van der Waals surface area contributed by atoms with Gasteiger partial charge < -0.3 is 14.2 Å². The molecule has 112 valence electrons. The minimum absolute atomic E-state index is 0.656. The van der Waals surface area contributed by atoms with Crippen LogP contribution in [0.15, 0.2) is 42.5 Å². The van der Waals surface area contributed by atoms with Crippen molar-refractivity contribution in [1.82, 2.24) is 0 Å². The van der Waals surface area contributed by atoms with Crippen LogP contribution in [0.25, 0.3) is 17.7 Å². The lowest BCUT2D eigenvalue weighted by molar-refractivity contribution is 0.348. The number of hydrogen-bond acceptors (Lipinski definition) is 3. The fourth-order valence-electron chi connectivity index (χ4n) is 2.63. The van der Waals surface area contributed by atoms with Crippen molar-refractivity contribution in [3.8, 4) is 17.2 Å². The van der Waals surface area contributed by atoms with Gasteiger partial charge in [0.1, 0.15) is 5.75 Å². The molecule has 0 heterocycles. The molecule has 1 aliphatic rings. The molecule has 0 bridgehead atoms. The van der Waals surface area contributed by atoms with Crippen molar-refractivity contribution in [3.05, 3.63) is 59.2 Å². The summed E-state index contributed by atoms with van der Waals surface area (Å²) in [7, 11) is 4.90. The van der Waals surface area contributed by atoms with Gasteiger partial charge in [-0.05, 0) is 28.8 Å². The van der Waals surface area contributed by atoms with Gasteiger partial charge in [0.15, 0.2) is 11.5 Å². The predicted molar refractivity (Wildman–Crippen MR) is 89.4 cm³/mol. The van der Waals surface area contributed by atoms with E-state index >= 15 is 0 Å². The Kier molecular flexibility index (Phi) is 3.88. The van der Waals surface area contributed by atoms with Gasteiger partial charge in [0.2, 0.25) is 0 Å². The molecule has 0 saturated carbocycles. The van der Waals surface area contributed by atoms with Gasteiger partial charge in [-0.25, -0.2) is 0 Å². The second kappa shape index (κ2) is 5.98. The number of methoxy groups -OCH3 is 3. The van der Waals surface area contributed by atoms with Crippen LogP contribution in [-0.4, -0.2) is 21.3 Å². The average molecular weight is 294 g/mol. The number of benzene rings is 2. The highest BCUT2D eigenvalue weighted by Crippen LogP contribution is 2.38. The molecule has 3 rings (SSSR count). The summed E-state index contributed by atoms with van der Waals surface area (Å²) in [5.74, 6) is 2.09. The van der Waals surface area contributed by atoms with E-state index in [1.54, 1.807) is 21.3 Å². The maximum Gasteiger partial charge on any atom is 0.164 e. The maximum atomic E-state index is 5.48. The Bertz CT molecular complexity index is 757. The number of fused-ring (bicyclic) bond motifs is 1. The molecular formula is C19H18O3. The zero-order valence-electron chi connectivity index (χ0n) is 12.9. The van der Waals surface area contributed by atoms with E-state index in [-0.39, 0.29) is 0 Å². The first-order chi connectivity index (χ1) is 10.8. The third-order valence-electron chi connectivity index (χ3n) is 3.76. The van der Waals surface area contributed by atoms with Crippen LogP contribution < -0.4 is 14.2 Å². The van der Waals surface area contributed by atoms with Gasteiger partial charge in [-0.3, -0.25) is 0 Å². The lowest BCUT2D eigenvalue weighted by Gasteiger charge is -2.12. The van der Waals surface area contributed by atoms with E-state index in [1.165, 1.54) is 11.1 Å². The number of rotatable bonds is 4. The van der Waals surface area contributed by atoms with Crippen molar-refractivity contribution < 1.29 is 14.2 Å². The molecule has 0 atom stereocenters. The van der Waals surface area contributed by atoms with Crippen LogP contribution in [0, 0.1) is 0 Å². The molecule has 1 aliphatic carbocycles. The molecule has 0 N–H and O–H groups in total. The Morgan fingerprint density at radius 3 is 2.18 bits per heavy atom. The zero-order chi connectivity index (χ0) is 15.5. The second-order valence-electron chi connectivity index (χ2n) is 4.97. The van der Waals surface area contributed by atoms with Crippen molar-refractivity contribution in [1.29, 1.82) is 0 Å². The number of hydrogen-bond donors (Lipinski definition) is 0. The van der Waals surface area contributed by atoms with Crippen LogP contribution >= 0.6 is 0 Å². The molecule has 0 spiro atoms. The molecule has 3 heteroatoms. The first kappa shape index (κ1) is 14.3.